The van der Waals surface area contributed by atoms with E-state index in [0.29, 0.717) is 5.92 Å². The Kier molecular flexibility index (Phi) is 7.90. The third kappa shape index (κ3) is 6.82. The van der Waals surface area contributed by atoms with E-state index in [1.54, 1.807) is 18.1 Å². The maximum Gasteiger partial charge on any atom is 0.573 e. The summed E-state index contributed by atoms with van der Waals surface area (Å²) in [5.41, 5.74) is 1.16. The average Bonchev–Trinajstić information content (AvgIpc) is 2.68. The molecule has 1 heterocycles. The number of hydrogen-bond donors (Lipinski definition) is 0. The highest BCUT2D eigenvalue weighted by atomic mass is 28.3. The van der Waals surface area contributed by atoms with Gasteiger partial charge in [0.2, 0.25) is 0 Å². The first-order valence-electron chi connectivity index (χ1n) is 11.3. The second-order valence-electron chi connectivity index (χ2n) is 9.09. The Balaban J connectivity index is 1.36. The predicted octanol–water partition coefficient (Wildman–Crippen LogP) is 7.69. The van der Waals surface area contributed by atoms with E-state index in [1.807, 2.05) is 12.1 Å². The second-order valence-corrected chi connectivity index (χ2v) is 12.6. The molecular weight excluding hydrogens is 377 g/mol. The summed E-state index contributed by atoms with van der Waals surface area (Å²) >= 11 is 0. The van der Waals surface area contributed by atoms with Crippen LogP contribution in [0.3, 0.4) is 0 Å². The summed E-state index contributed by atoms with van der Waals surface area (Å²) in [6.45, 7) is 2.33. The van der Waals surface area contributed by atoms with Gasteiger partial charge in [-0.1, -0.05) is 69.3 Å². The Labute approximate surface area is 169 Å². The Morgan fingerprint density at radius 3 is 2.00 bits per heavy atom. The van der Waals surface area contributed by atoms with Crippen molar-refractivity contribution in [3.05, 3.63) is 29.8 Å². The van der Waals surface area contributed by atoms with E-state index in [-0.39, 0.29) is 14.5 Å². The van der Waals surface area contributed by atoms with Crippen LogP contribution >= 0.6 is 0 Å². The smallest absolute Gasteiger partial charge is 0.406 e. The molecule has 0 unspecified atom stereocenters. The lowest BCUT2D eigenvalue weighted by Gasteiger charge is -2.32. The zero-order valence-corrected chi connectivity index (χ0v) is 18.3. The third-order valence-electron chi connectivity index (χ3n) is 7.08. The lowest BCUT2D eigenvalue weighted by Crippen LogP contribution is -2.22. The molecule has 1 aliphatic carbocycles. The molecular formula is C23H35F3OSi. The molecule has 1 saturated heterocycles. The summed E-state index contributed by atoms with van der Waals surface area (Å²) in [6.07, 6.45) is 7.45. The van der Waals surface area contributed by atoms with Crippen molar-refractivity contribution in [3.8, 4) is 5.75 Å². The van der Waals surface area contributed by atoms with Gasteiger partial charge in [0, 0.05) is 8.80 Å². The maximum atomic E-state index is 12.3. The Bertz CT molecular complexity index is 571. The summed E-state index contributed by atoms with van der Waals surface area (Å²) in [7, 11) is -0.354. The zero-order chi connectivity index (χ0) is 20.0. The zero-order valence-electron chi connectivity index (χ0n) is 17.1. The van der Waals surface area contributed by atoms with Crippen molar-refractivity contribution in [1.82, 2.24) is 0 Å². The predicted molar refractivity (Wildman–Crippen MR) is 112 cm³/mol. The molecule has 1 saturated carbocycles. The highest BCUT2D eigenvalue weighted by Crippen LogP contribution is 2.40. The fraction of sp³-hybridized carbons (Fsp3) is 0.739. The highest BCUT2D eigenvalue weighted by Gasteiger charge is 2.31. The lowest BCUT2D eigenvalue weighted by atomic mass is 9.76. The van der Waals surface area contributed by atoms with Gasteiger partial charge in [0.1, 0.15) is 5.75 Å². The number of alkyl halides is 3. The van der Waals surface area contributed by atoms with Crippen LogP contribution in [0.2, 0.25) is 18.1 Å². The number of halogens is 3. The van der Waals surface area contributed by atoms with Crippen molar-refractivity contribution in [2.75, 3.05) is 0 Å². The van der Waals surface area contributed by atoms with Gasteiger partial charge in [-0.2, -0.15) is 0 Å². The van der Waals surface area contributed by atoms with Crippen molar-refractivity contribution in [2.45, 2.75) is 95.1 Å². The molecule has 0 bridgehead atoms. The quantitative estimate of drug-likeness (QED) is 0.417. The van der Waals surface area contributed by atoms with E-state index < -0.39 is 6.36 Å². The minimum absolute atomic E-state index is 0.123. The normalized spacial score (nSPS) is 28.9. The van der Waals surface area contributed by atoms with E-state index in [4.69, 9.17) is 0 Å². The Hall–Kier alpha value is -0.973. The molecule has 28 heavy (non-hydrogen) atoms. The standard InChI is InChI=1S/C23H35F3OSi/c1-2-15-28-16-13-19(14-17-28)4-3-18-5-7-20(8-6-18)21-9-11-22(12-10-21)27-23(24,25)26/h9-12,18-20,28H,2-8,13-17H2,1H3/t18-,19-,20-,28-. The number of hydrogen-bond acceptors (Lipinski definition) is 1. The van der Waals surface area contributed by atoms with Gasteiger partial charge >= 0.3 is 6.36 Å². The summed E-state index contributed by atoms with van der Waals surface area (Å²) in [6, 6.07) is 11.2. The van der Waals surface area contributed by atoms with Crippen molar-refractivity contribution < 1.29 is 17.9 Å². The van der Waals surface area contributed by atoms with Crippen LogP contribution < -0.4 is 4.74 Å². The molecule has 158 valence electrons. The molecule has 0 aromatic heterocycles. The first-order valence-corrected chi connectivity index (χ1v) is 13.7. The Morgan fingerprint density at radius 1 is 0.893 bits per heavy atom. The van der Waals surface area contributed by atoms with Crippen LogP contribution in [0.4, 0.5) is 13.2 Å². The number of benzene rings is 1. The maximum absolute atomic E-state index is 12.3. The van der Waals surface area contributed by atoms with Crippen LogP contribution in [0.5, 0.6) is 5.75 Å². The van der Waals surface area contributed by atoms with Gasteiger partial charge in [0.25, 0.3) is 0 Å². The second kappa shape index (κ2) is 10.2. The number of rotatable bonds is 7. The molecule has 0 amide bonds. The molecule has 0 spiro atoms. The molecule has 1 aromatic carbocycles. The van der Waals surface area contributed by atoms with Crippen LogP contribution in [0.15, 0.2) is 24.3 Å². The monoisotopic (exact) mass is 412 g/mol. The first kappa shape index (κ1) is 21.7. The topological polar surface area (TPSA) is 9.23 Å². The highest BCUT2D eigenvalue weighted by molar-refractivity contribution is 6.58. The van der Waals surface area contributed by atoms with E-state index in [0.717, 1.165) is 17.4 Å². The van der Waals surface area contributed by atoms with E-state index >= 15 is 0 Å². The number of ether oxygens (including phenoxy) is 1. The lowest BCUT2D eigenvalue weighted by molar-refractivity contribution is -0.274. The molecule has 5 heteroatoms. The van der Waals surface area contributed by atoms with Gasteiger partial charge in [-0.05, 0) is 61.1 Å². The van der Waals surface area contributed by atoms with Crippen LogP contribution in [0.1, 0.15) is 76.2 Å². The summed E-state index contributed by atoms with van der Waals surface area (Å²) in [5.74, 6) is 2.21. The average molecular weight is 413 g/mol. The molecule has 1 nitrogen and oxygen atoms in total. The molecule has 2 aliphatic rings. The molecule has 2 fully saturated rings. The SMILES string of the molecule is CCC[Si@H]1CC[C@H](CC[C@H]2CC[C@H](c3ccc(OC(F)(F)F)cc3)CC2)CC1. The largest absolute Gasteiger partial charge is 0.573 e. The Morgan fingerprint density at radius 2 is 1.46 bits per heavy atom. The molecule has 0 atom stereocenters. The fourth-order valence-electron chi connectivity index (χ4n) is 5.41. The van der Waals surface area contributed by atoms with Crippen LogP contribution in [-0.2, 0) is 0 Å². The van der Waals surface area contributed by atoms with Gasteiger partial charge in [0.05, 0.1) is 0 Å². The molecule has 0 N–H and O–H groups in total. The first-order chi connectivity index (χ1) is 13.4. The van der Waals surface area contributed by atoms with Crippen molar-refractivity contribution >= 4 is 8.80 Å². The van der Waals surface area contributed by atoms with Crippen LogP contribution in [0, 0.1) is 11.8 Å². The molecule has 1 aromatic rings. The molecule has 0 radical (unpaired) electrons. The summed E-state index contributed by atoms with van der Waals surface area (Å²) in [4.78, 5) is 0. The van der Waals surface area contributed by atoms with Gasteiger partial charge in [0.15, 0.2) is 0 Å². The minimum atomic E-state index is -4.61. The van der Waals surface area contributed by atoms with E-state index in [9.17, 15) is 13.2 Å². The van der Waals surface area contributed by atoms with E-state index in [1.165, 1.54) is 69.9 Å². The van der Waals surface area contributed by atoms with Crippen LogP contribution in [-0.4, -0.2) is 15.2 Å². The van der Waals surface area contributed by atoms with Gasteiger partial charge in [-0.15, -0.1) is 13.2 Å². The van der Waals surface area contributed by atoms with E-state index in [2.05, 4.69) is 11.7 Å². The minimum Gasteiger partial charge on any atom is -0.406 e. The summed E-state index contributed by atoms with van der Waals surface area (Å²) < 4.78 is 40.8. The third-order valence-corrected chi connectivity index (χ3v) is 10.8. The molecule has 1 aliphatic heterocycles. The van der Waals surface area contributed by atoms with Gasteiger partial charge in [-0.3, -0.25) is 0 Å². The van der Waals surface area contributed by atoms with Crippen molar-refractivity contribution in [3.63, 3.8) is 0 Å². The van der Waals surface area contributed by atoms with Crippen molar-refractivity contribution in [1.29, 1.82) is 0 Å². The van der Waals surface area contributed by atoms with Gasteiger partial charge in [-0.25, -0.2) is 0 Å². The summed E-state index contributed by atoms with van der Waals surface area (Å²) in [5, 5.41) is 0. The van der Waals surface area contributed by atoms with Gasteiger partial charge < -0.3 is 4.74 Å². The fourth-order valence-corrected chi connectivity index (χ4v) is 8.98. The molecule has 3 rings (SSSR count). The van der Waals surface area contributed by atoms with Crippen molar-refractivity contribution in [2.24, 2.45) is 11.8 Å². The van der Waals surface area contributed by atoms with Crippen LogP contribution in [0.25, 0.3) is 0 Å².